The van der Waals surface area contributed by atoms with Crippen LogP contribution in [0.3, 0.4) is 0 Å². The van der Waals surface area contributed by atoms with Gasteiger partial charge in [0.15, 0.2) is 0 Å². The fraction of sp³-hybridized carbons (Fsp3) is 1.00. The van der Waals surface area contributed by atoms with E-state index >= 15 is 0 Å². The van der Waals surface area contributed by atoms with E-state index in [1.165, 1.54) is 12.8 Å². The van der Waals surface area contributed by atoms with Crippen molar-refractivity contribution in [3.63, 3.8) is 0 Å². The Morgan fingerprint density at radius 3 is 2.40 bits per heavy atom. The lowest BCUT2D eigenvalue weighted by Crippen LogP contribution is -2.16. The van der Waals surface area contributed by atoms with Gasteiger partial charge in [-0.15, -0.1) is 12.4 Å². The molecule has 3 heteroatoms. The van der Waals surface area contributed by atoms with E-state index in [1.807, 2.05) is 0 Å². The first-order chi connectivity index (χ1) is 4.41. The average Bonchev–Trinajstić information content (AvgIpc) is 1.89. The molecule has 0 heterocycles. The van der Waals surface area contributed by atoms with Crippen LogP contribution in [0.25, 0.3) is 0 Å². The van der Waals surface area contributed by atoms with Crippen molar-refractivity contribution < 1.29 is 0 Å². The molecule has 10 heavy (non-hydrogen) atoms. The Bertz CT molecular complexity index is 44.9. The van der Waals surface area contributed by atoms with Crippen LogP contribution < -0.4 is 11.1 Å². The molecular formula is C7H19ClN2. The van der Waals surface area contributed by atoms with Gasteiger partial charge in [-0.25, -0.2) is 0 Å². The normalized spacial score (nSPS) is 9.00. The molecule has 0 unspecified atom stereocenters. The minimum atomic E-state index is 0. The summed E-state index contributed by atoms with van der Waals surface area (Å²) in [4.78, 5) is 0. The summed E-state index contributed by atoms with van der Waals surface area (Å²) in [7, 11) is 0. The molecule has 0 aliphatic carbocycles. The summed E-state index contributed by atoms with van der Waals surface area (Å²) in [6.07, 6.45) is 3.59. The second-order valence-electron chi connectivity index (χ2n) is 2.25. The van der Waals surface area contributed by atoms with Gasteiger partial charge in [0.05, 0.1) is 0 Å². The minimum absolute atomic E-state index is 0. The van der Waals surface area contributed by atoms with Crippen LogP contribution >= 0.6 is 12.4 Å². The SMILES string of the molecule is CCCNCCCCN.Cl. The van der Waals surface area contributed by atoms with Gasteiger partial charge in [0.2, 0.25) is 0 Å². The first kappa shape index (κ1) is 12.8. The predicted molar refractivity (Wildman–Crippen MR) is 48.7 cm³/mol. The molecule has 0 bridgehead atoms. The molecule has 0 aromatic rings. The molecule has 2 nitrogen and oxygen atoms in total. The Morgan fingerprint density at radius 2 is 1.90 bits per heavy atom. The van der Waals surface area contributed by atoms with Crippen molar-refractivity contribution in [1.82, 2.24) is 5.32 Å². The van der Waals surface area contributed by atoms with Crippen molar-refractivity contribution in [1.29, 1.82) is 0 Å². The third-order valence-electron chi connectivity index (χ3n) is 1.23. The molecule has 64 valence electrons. The number of halogens is 1. The van der Waals surface area contributed by atoms with Gasteiger partial charge in [-0.05, 0) is 38.9 Å². The summed E-state index contributed by atoms with van der Waals surface area (Å²) in [5, 5.41) is 3.31. The van der Waals surface area contributed by atoms with Crippen LogP contribution in [-0.2, 0) is 0 Å². The number of rotatable bonds is 6. The van der Waals surface area contributed by atoms with E-state index in [1.54, 1.807) is 0 Å². The van der Waals surface area contributed by atoms with Gasteiger partial charge in [-0.1, -0.05) is 6.92 Å². The molecule has 0 saturated carbocycles. The van der Waals surface area contributed by atoms with Gasteiger partial charge < -0.3 is 11.1 Å². The van der Waals surface area contributed by atoms with Gasteiger partial charge in [-0.3, -0.25) is 0 Å². The fourth-order valence-corrected chi connectivity index (χ4v) is 0.696. The molecule has 0 radical (unpaired) electrons. The molecule has 0 fully saturated rings. The van der Waals surface area contributed by atoms with Crippen LogP contribution in [0, 0.1) is 0 Å². The second-order valence-corrected chi connectivity index (χ2v) is 2.25. The van der Waals surface area contributed by atoms with Crippen molar-refractivity contribution in [2.75, 3.05) is 19.6 Å². The van der Waals surface area contributed by atoms with E-state index in [0.29, 0.717) is 0 Å². The highest BCUT2D eigenvalue weighted by molar-refractivity contribution is 5.85. The van der Waals surface area contributed by atoms with Crippen LogP contribution in [-0.4, -0.2) is 19.6 Å². The van der Waals surface area contributed by atoms with Crippen molar-refractivity contribution in [3.05, 3.63) is 0 Å². The molecule has 3 N–H and O–H groups in total. The Labute approximate surface area is 70.0 Å². The van der Waals surface area contributed by atoms with Crippen molar-refractivity contribution in [3.8, 4) is 0 Å². The summed E-state index contributed by atoms with van der Waals surface area (Å²) >= 11 is 0. The molecule has 0 spiro atoms. The van der Waals surface area contributed by atoms with Crippen LogP contribution in [0.5, 0.6) is 0 Å². The minimum Gasteiger partial charge on any atom is -0.330 e. The highest BCUT2D eigenvalue weighted by atomic mass is 35.5. The predicted octanol–water partition coefficient (Wildman–Crippen LogP) is 1.15. The van der Waals surface area contributed by atoms with Gasteiger partial charge in [0.1, 0.15) is 0 Å². The standard InChI is InChI=1S/C7H18N2.ClH/c1-2-6-9-7-4-3-5-8;/h9H,2-8H2,1H3;1H. The van der Waals surface area contributed by atoms with E-state index < -0.39 is 0 Å². The van der Waals surface area contributed by atoms with Crippen LogP contribution in [0.15, 0.2) is 0 Å². The zero-order chi connectivity index (χ0) is 6.95. The maximum Gasteiger partial charge on any atom is -0.00485 e. The van der Waals surface area contributed by atoms with Crippen LogP contribution in [0.2, 0.25) is 0 Å². The number of hydrogen-bond acceptors (Lipinski definition) is 2. The van der Waals surface area contributed by atoms with Crippen LogP contribution in [0.4, 0.5) is 0 Å². The monoisotopic (exact) mass is 166 g/mol. The zero-order valence-electron chi connectivity index (χ0n) is 6.73. The first-order valence-electron chi connectivity index (χ1n) is 3.82. The Kier molecular flexibility index (Phi) is 15.3. The molecular weight excluding hydrogens is 148 g/mol. The Morgan fingerprint density at radius 1 is 1.20 bits per heavy atom. The number of nitrogens with two attached hydrogens (primary N) is 1. The lowest BCUT2D eigenvalue weighted by molar-refractivity contribution is 0.621. The number of unbranched alkanes of at least 4 members (excludes halogenated alkanes) is 1. The number of hydrogen-bond donors (Lipinski definition) is 2. The van der Waals surface area contributed by atoms with Gasteiger partial charge in [-0.2, -0.15) is 0 Å². The maximum atomic E-state index is 5.32. The van der Waals surface area contributed by atoms with Crippen molar-refractivity contribution in [2.45, 2.75) is 26.2 Å². The highest BCUT2D eigenvalue weighted by Crippen LogP contribution is 1.81. The van der Waals surface area contributed by atoms with E-state index in [-0.39, 0.29) is 12.4 Å². The fourth-order valence-electron chi connectivity index (χ4n) is 0.696. The van der Waals surface area contributed by atoms with E-state index in [9.17, 15) is 0 Å². The van der Waals surface area contributed by atoms with E-state index in [4.69, 9.17) is 5.73 Å². The molecule has 0 aliphatic rings. The molecule has 0 atom stereocenters. The number of nitrogens with one attached hydrogen (secondary N) is 1. The summed E-state index contributed by atoms with van der Waals surface area (Å²) in [6.45, 7) is 5.28. The maximum absolute atomic E-state index is 5.32. The third kappa shape index (κ3) is 11.1. The third-order valence-corrected chi connectivity index (χ3v) is 1.23. The molecule has 0 aliphatic heterocycles. The van der Waals surface area contributed by atoms with Crippen LogP contribution in [0.1, 0.15) is 26.2 Å². The average molecular weight is 167 g/mol. The zero-order valence-corrected chi connectivity index (χ0v) is 7.54. The van der Waals surface area contributed by atoms with Crippen molar-refractivity contribution in [2.24, 2.45) is 5.73 Å². The van der Waals surface area contributed by atoms with E-state index in [0.717, 1.165) is 26.1 Å². The summed E-state index contributed by atoms with van der Waals surface area (Å²) < 4.78 is 0. The Hall–Kier alpha value is 0.210. The summed E-state index contributed by atoms with van der Waals surface area (Å²) in [6, 6.07) is 0. The molecule has 0 amide bonds. The van der Waals surface area contributed by atoms with Gasteiger partial charge in [0, 0.05) is 0 Å². The van der Waals surface area contributed by atoms with Crippen molar-refractivity contribution >= 4 is 12.4 Å². The lowest BCUT2D eigenvalue weighted by atomic mass is 10.3. The largest absolute Gasteiger partial charge is 0.330 e. The first-order valence-corrected chi connectivity index (χ1v) is 3.82. The molecule has 0 aromatic heterocycles. The highest BCUT2D eigenvalue weighted by Gasteiger charge is 1.83. The summed E-state index contributed by atoms with van der Waals surface area (Å²) in [5.74, 6) is 0. The van der Waals surface area contributed by atoms with Gasteiger partial charge in [0.25, 0.3) is 0 Å². The molecule has 0 rings (SSSR count). The van der Waals surface area contributed by atoms with Gasteiger partial charge >= 0.3 is 0 Å². The smallest absolute Gasteiger partial charge is 0.00485 e. The van der Waals surface area contributed by atoms with E-state index in [2.05, 4.69) is 12.2 Å². The summed E-state index contributed by atoms with van der Waals surface area (Å²) in [5.41, 5.74) is 5.32. The Balaban J connectivity index is 0. The second kappa shape index (κ2) is 11.9. The topological polar surface area (TPSA) is 38.0 Å². The molecule has 0 aromatic carbocycles. The lowest BCUT2D eigenvalue weighted by Gasteiger charge is -1.99. The quantitative estimate of drug-likeness (QED) is 0.581. The molecule has 0 saturated heterocycles.